The zero-order valence-electron chi connectivity index (χ0n) is 20.0. The Labute approximate surface area is 220 Å². The number of nitrogens with zero attached hydrogens (tertiary/aromatic N) is 4. The molecule has 15 heteroatoms. The molecule has 2 atom stereocenters. The first-order chi connectivity index (χ1) is 18.5. The standard InChI is InChI=1S/C24H22F3N7O4S/c25-24(26,27)22-31-21(33-34-22)16-11-28-23(32-20(16)30-17(12-35)13-4-2-1-3-5-13)29-14-6-7-19-15(10-14)18(36)8-9-39(19,37)38/h1-7,10-11,17-18,35-36H,8-9,12H2,(H,31,33,34)(H2,28,29,30,32)/t17-,18?/m1/s1. The molecule has 2 aromatic heterocycles. The molecule has 1 aliphatic rings. The smallest absolute Gasteiger partial charge is 0.394 e. The van der Waals surface area contributed by atoms with Crippen LogP contribution < -0.4 is 10.6 Å². The van der Waals surface area contributed by atoms with Gasteiger partial charge in [-0.25, -0.2) is 18.4 Å². The second-order valence-electron chi connectivity index (χ2n) is 8.75. The number of sulfone groups is 1. The number of halogens is 3. The molecular formula is C24H22F3N7O4S. The minimum Gasteiger partial charge on any atom is -0.394 e. The highest BCUT2D eigenvalue weighted by atomic mass is 32.2. The Morgan fingerprint density at radius 3 is 2.59 bits per heavy atom. The Bertz CT molecular complexity index is 1600. The predicted molar refractivity (Wildman–Crippen MR) is 134 cm³/mol. The van der Waals surface area contributed by atoms with E-state index in [1.807, 2.05) is 0 Å². The number of anilines is 3. The van der Waals surface area contributed by atoms with Crippen molar-refractivity contribution in [1.82, 2.24) is 25.1 Å². The van der Waals surface area contributed by atoms with Crippen LogP contribution in [0, 0.1) is 0 Å². The fraction of sp³-hybridized carbons (Fsp3) is 0.250. The molecule has 3 heterocycles. The molecule has 0 amide bonds. The monoisotopic (exact) mass is 561 g/mol. The number of H-pyrrole nitrogens is 1. The van der Waals surface area contributed by atoms with Crippen molar-refractivity contribution in [3.05, 3.63) is 71.7 Å². The van der Waals surface area contributed by atoms with Crippen molar-refractivity contribution in [2.75, 3.05) is 23.0 Å². The lowest BCUT2D eigenvalue weighted by atomic mass is 10.1. The number of benzene rings is 2. The SMILES string of the molecule is O=S1(=O)CCC(O)c2cc(Nc3ncc(-c4nc(C(F)(F)F)n[nH]4)c(N[C@H](CO)c4ccccc4)n3)ccc21. The second-order valence-corrected chi connectivity index (χ2v) is 10.8. The third-order valence-electron chi connectivity index (χ3n) is 6.10. The molecule has 0 saturated heterocycles. The molecule has 0 radical (unpaired) electrons. The molecule has 11 nitrogen and oxygen atoms in total. The maximum atomic E-state index is 13.1. The van der Waals surface area contributed by atoms with Crippen LogP contribution in [0.5, 0.6) is 0 Å². The normalized spacial score (nSPS) is 17.3. The van der Waals surface area contributed by atoms with Crippen molar-refractivity contribution in [2.45, 2.75) is 29.6 Å². The molecule has 0 spiro atoms. The van der Waals surface area contributed by atoms with Crippen molar-refractivity contribution in [2.24, 2.45) is 0 Å². The number of hydrogen-bond donors (Lipinski definition) is 5. The zero-order chi connectivity index (χ0) is 27.8. The van der Waals surface area contributed by atoms with Gasteiger partial charge in [-0.1, -0.05) is 30.3 Å². The van der Waals surface area contributed by atoms with E-state index in [1.54, 1.807) is 30.3 Å². The molecule has 5 N–H and O–H groups in total. The fourth-order valence-electron chi connectivity index (χ4n) is 4.15. The summed E-state index contributed by atoms with van der Waals surface area (Å²) in [6.45, 7) is -0.363. The van der Waals surface area contributed by atoms with E-state index in [1.165, 1.54) is 24.4 Å². The van der Waals surface area contributed by atoms with Gasteiger partial charge in [-0.05, 0) is 30.2 Å². The maximum absolute atomic E-state index is 13.1. The van der Waals surface area contributed by atoms with Gasteiger partial charge in [-0.3, -0.25) is 5.10 Å². The maximum Gasteiger partial charge on any atom is 0.453 e. The Balaban J connectivity index is 1.52. The summed E-state index contributed by atoms with van der Waals surface area (Å²) in [4.78, 5) is 12.1. The molecule has 1 aliphatic heterocycles. The van der Waals surface area contributed by atoms with Crippen LogP contribution in [-0.2, 0) is 16.0 Å². The first kappa shape index (κ1) is 26.5. The fourth-order valence-corrected chi connectivity index (χ4v) is 5.73. The van der Waals surface area contributed by atoms with Crippen LogP contribution in [0.2, 0.25) is 0 Å². The highest BCUT2D eigenvalue weighted by Gasteiger charge is 2.36. The molecule has 2 aromatic carbocycles. The number of aromatic nitrogens is 5. The zero-order valence-corrected chi connectivity index (χ0v) is 20.8. The molecular weight excluding hydrogens is 539 g/mol. The molecule has 5 rings (SSSR count). The van der Waals surface area contributed by atoms with E-state index in [9.17, 15) is 31.8 Å². The van der Waals surface area contributed by atoms with Crippen LogP contribution in [0.3, 0.4) is 0 Å². The van der Waals surface area contributed by atoms with Crippen LogP contribution in [0.15, 0.2) is 59.6 Å². The van der Waals surface area contributed by atoms with Crippen LogP contribution in [0.4, 0.5) is 30.6 Å². The summed E-state index contributed by atoms with van der Waals surface area (Å²) in [7, 11) is -3.51. The lowest BCUT2D eigenvalue weighted by molar-refractivity contribution is -0.144. The van der Waals surface area contributed by atoms with Gasteiger partial charge in [0.05, 0.1) is 35.0 Å². The van der Waals surface area contributed by atoms with E-state index < -0.39 is 34.0 Å². The lowest BCUT2D eigenvalue weighted by Crippen LogP contribution is -2.20. The summed E-state index contributed by atoms with van der Waals surface area (Å²) < 4.78 is 64.0. The van der Waals surface area contributed by atoms with Crippen LogP contribution in [0.25, 0.3) is 11.4 Å². The average molecular weight is 562 g/mol. The molecule has 4 aromatic rings. The Hall–Kier alpha value is -4.08. The van der Waals surface area contributed by atoms with E-state index in [-0.39, 0.29) is 52.4 Å². The van der Waals surface area contributed by atoms with Crippen molar-refractivity contribution >= 4 is 27.3 Å². The number of aromatic amines is 1. The van der Waals surface area contributed by atoms with Crippen molar-refractivity contribution in [3.8, 4) is 11.4 Å². The number of fused-ring (bicyclic) bond motifs is 1. The number of rotatable bonds is 7. The van der Waals surface area contributed by atoms with E-state index in [2.05, 4.69) is 35.8 Å². The summed E-state index contributed by atoms with van der Waals surface area (Å²) in [6, 6.07) is 12.5. The van der Waals surface area contributed by atoms with Gasteiger partial charge in [0.2, 0.25) is 5.95 Å². The Kier molecular flexibility index (Phi) is 6.96. The molecule has 39 heavy (non-hydrogen) atoms. The largest absolute Gasteiger partial charge is 0.453 e. The van der Waals surface area contributed by atoms with E-state index >= 15 is 0 Å². The van der Waals surface area contributed by atoms with E-state index in [0.29, 0.717) is 11.3 Å². The van der Waals surface area contributed by atoms with Gasteiger partial charge >= 0.3 is 6.18 Å². The molecule has 204 valence electrons. The van der Waals surface area contributed by atoms with Gasteiger partial charge in [-0.15, -0.1) is 5.10 Å². The highest BCUT2D eigenvalue weighted by molar-refractivity contribution is 7.91. The van der Waals surface area contributed by atoms with Crippen LogP contribution >= 0.6 is 0 Å². The topological polar surface area (TPSA) is 166 Å². The minimum absolute atomic E-state index is 0.00895. The molecule has 0 fully saturated rings. The van der Waals surface area contributed by atoms with Gasteiger partial charge in [0.15, 0.2) is 15.7 Å². The number of nitrogens with one attached hydrogen (secondary N) is 3. The average Bonchev–Trinajstić information content (AvgIpc) is 3.41. The van der Waals surface area contributed by atoms with Gasteiger partial charge < -0.3 is 20.8 Å². The molecule has 0 aliphatic carbocycles. The van der Waals surface area contributed by atoms with Gasteiger partial charge in [-0.2, -0.15) is 18.2 Å². The van der Waals surface area contributed by atoms with Crippen molar-refractivity contribution < 1.29 is 31.8 Å². The number of hydrogen-bond acceptors (Lipinski definition) is 10. The molecule has 0 bridgehead atoms. The van der Waals surface area contributed by atoms with E-state index in [0.717, 1.165) is 0 Å². The van der Waals surface area contributed by atoms with Gasteiger partial charge in [0, 0.05) is 17.4 Å². The number of aliphatic hydroxyl groups is 2. The Morgan fingerprint density at radius 1 is 1.13 bits per heavy atom. The second kappa shape index (κ2) is 10.2. The third kappa shape index (κ3) is 5.55. The quantitative estimate of drug-likeness (QED) is 0.226. The predicted octanol–water partition coefficient (Wildman–Crippen LogP) is 3.38. The Morgan fingerprint density at radius 2 is 1.90 bits per heavy atom. The lowest BCUT2D eigenvalue weighted by Gasteiger charge is -2.22. The number of aliphatic hydroxyl groups excluding tert-OH is 2. The van der Waals surface area contributed by atoms with Crippen LogP contribution in [0.1, 0.15) is 35.5 Å². The molecule has 1 unspecified atom stereocenters. The van der Waals surface area contributed by atoms with Gasteiger partial charge in [0.25, 0.3) is 5.82 Å². The van der Waals surface area contributed by atoms with Crippen molar-refractivity contribution in [3.63, 3.8) is 0 Å². The van der Waals surface area contributed by atoms with Crippen molar-refractivity contribution in [1.29, 1.82) is 0 Å². The summed E-state index contributed by atoms with van der Waals surface area (Å²) in [6.07, 6.45) is -4.43. The summed E-state index contributed by atoms with van der Waals surface area (Å²) in [5.41, 5.74) is 1.37. The first-order valence-electron chi connectivity index (χ1n) is 11.7. The summed E-state index contributed by atoms with van der Waals surface area (Å²) in [5, 5.41) is 31.8. The van der Waals surface area contributed by atoms with Crippen LogP contribution in [-0.4, -0.2) is 56.1 Å². The first-order valence-corrected chi connectivity index (χ1v) is 13.3. The van der Waals surface area contributed by atoms with E-state index in [4.69, 9.17) is 0 Å². The number of alkyl halides is 3. The highest BCUT2D eigenvalue weighted by Crippen LogP contribution is 2.35. The minimum atomic E-state index is -4.77. The third-order valence-corrected chi connectivity index (χ3v) is 7.91. The molecule has 0 saturated carbocycles. The summed E-state index contributed by atoms with van der Waals surface area (Å²) >= 11 is 0. The summed E-state index contributed by atoms with van der Waals surface area (Å²) in [5.74, 6) is -1.72. The van der Waals surface area contributed by atoms with Gasteiger partial charge in [0.1, 0.15) is 5.82 Å².